The zero-order valence-electron chi connectivity index (χ0n) is 6.78. The Morgan fingerprint density at radius 3 is 2.09 bits per heavy atom. The zero-order valence-corrected chi connectivity index (χ0v) is 6.78. The van der Waals surface area contributed by atoms with Crippen LogP contribution < -0.4 is 0 Å². The van der Waals surface area contributed by atoms with E-state index in [2.05, 4.69) is 0 Å². The first-order valence-electron chi connectivity index (χ1n) is 4.07. The van der Waals surface area contributed by atoms with Crippen LogP contribution in [0.15, 0.2) is 12.2 Å². The average molecular weight is 152 g/mol. The molecule has 0 N–H and O–H groups in total. The number of hydrogen-bond acceptors (Lipinski definition) is 2. The quantitative estimate of drug-likeness (QED) is 0.487. The molecule has 0 aromatic heterocycles. The van der Waals surface area contributed by atoms with Gasteiger partial charge >= 0.3 is 0 Å². The molecule has 2 heteroatoms. The normalized spacial score (nSPS) is 48.4. The molecule has 0 radical (unpaired) electrons. The largest absolute Gasteiger partial charge is 0.365 e. The molecule has 2 aliphatic rings. The van der Waals surface area contributed by atoms with Crippen LogP contribution in [-0.4, -0.2) is 18.0 Å². The van der Waals surface area contributed by atoms with Crippen LogP contribution in [-0.2, 0) is 9.53 Å². The minimum Gasteiger partial charge on any atom is -0.365 e. The Bertz CT molecular complexity index is 200. The van der Waals surface area contributed by atoms with Crippen molar-refractivity contribution < 1.29 is 9.53 Å². The summed E-state index contributed by atoms with van der Waals surface area (Å²) in [5.74, 6) is 0.455. The molecule has 11 heavy (non-hydrogen) atoms. The monoisotopic (exact) mass is 152 g/mol. The Morgan fingerprint density at radius 1 is 1.18 bits per heavy atom. The Balaban J connectivity index is 2.29. The maximum absolute atomic E-state index is 11.5. The van der Waals surface area contributed by atoms with Crippen LogP contribution in [0, 0.1) is 11.8 Å². The summed E-state index contributed by atoms with van der Waals surface area (Å²) < 4.78 is 5.56. The van der Waals surface area contributed by atoms with Crippen LogP contribution in [0.3, 0.4) is 0 Å². The third-order valence-electron chi connectivity index (χ3n) is 2.69. The molecule has 4 atom stereocenters. The predicted octanol–water partition coefficient (Wildman–Crippen LogP) is 1.16. The Labute approximate surface area is 66.2 Å². The van der Waals surface area contributed by atoms with E-state index in [4.69, 9.17) is 4.74 Å². The summed E-state index contributed by atoms with van der Waals surface area (Å²) in [4.78, 5) is 11.5. The first kappa shape index (κ1) is 7.04. The SMILES string of the molecule is C[C@H]1C(=O)[C@H](C)[C@@H]2C=C[C@@H]1O2. The van der Waals surface area contributed by atoms with Gasteiger partial charge in [0.1, 0.15) is 5.78 Å². The lowest BCUT2D eigenvalue weighted by Crippen LogP contribution is -2.40. The second-order valence-electron chi connectivity index (χ2n) is 3.43. The summed E-state index contributed by atoms with van der Waals surface area (Å²) in [5, 5.41) is 0. The fourth-order valence-corrected chi connectivity index (χ4v) is 1.80. The molecule has 0 aromatic carbocycles. The summed E-state index contributed by atoms with van der Waals surface area (Å²) in [7, 11) is 0. The van der Waals surface area contributed by atoms with Crippen LogP contribution in [0.4, 0.5) is 0 Å². The van der Waals surface area contributed by atoms with Crippen LogP contribution in [0.1, 0.15) is 13.8 Å². The number of carbonyl (C=O) groups excluding carboxylic acids is 1. The standard InChI is InChI=1S/C9H12O2/c1-5-7-3-4-8(11-7)6(2)9(5)10/h3-8H,1-2H3/t5-,6-,7+,8+/m1/s1. The lowest BCUT2D eigenvalue weighted by atomic mass is 9.88. The van der Waals surface area contributed by atoms with Gasteiger partial charge in [-0.25, -0.2) is 0 Å². The maximum Gasteiger partial charge on any atom is 0.144 e. The number of Topliss-reactive ketones (excluding diaryl/α,β-unsaturated/α-hetero) is 1. The van der Waals surface area contributed by atoms with Gasteiger partial charge in [-0.15, -0.1) is 0 Å². The molecule has 2 nitrogen and oxygen atoms in total. The molecule has 2 bridgehead atoms. The zero-order chi connectivity index (χ0) is 8.01. The summed E-state index contributed by atoms with van der Waals surface area (Å²) in [5.41, 5.74) is 0. The van der Waals surface area contributed by atoms with Gasteiger partial charge in [0.05, 0.1) is 12.2 Å². The second-order valence-corrected chi connectivity index (χ2v) is 3.43. The van der Waals surface area contributed by atoms with Crippen molar-refractivity contribution in [3.63, 3.8) is 0 Å². The smallest absolute Gasteiger partial charge is 0.144 e. The molecule has 0 amide bonds. The van der Waals surface area contributed by atoms with Gasteiger partial charge in [0.2, 0.25) is 0 Å². The maximum atomic E-state index is 11.5. The van der Waals surface area contributed by atoms with Gasteiger partial charge in [0.25, 0.3) is 0 Å². The predicted molar refractivity (Wildman–Crippen MR) is 41.1 cm³/mol. The number of ketones is 1. The number of rotatable bonds is 0. The number of ether oxygens (including phenoxy) is 1. The molecule has 1 fully saturated rings. The van der Waals surface area contributed by atoms with E-state index in [0.717, 1.165) is 0 Å². The van der Waals surface area contributed by atoms with Gasteiger partial charge in [-0.05, 0) is 0 Å². The van der Waals surface area contributed by atoms with Crippen molar-refractivity contribution in [1.82, 2.24) is 0 Å². The average Bonchev–Trinajstić information content (AvgIpc) is 2.44. The second kappa shape index (κ2) is 2.18. The minimum absolute atomic E-state index is 0.0556. The van der Waals surface area contributed by atoms with Crippen molar-refractivity contribution in [1.29, 1.82) is 0 Å². The van der Waals surface area contributed by atoms with E-state index in [1.54, 1.807) is 0 Å². The van der Waals surface area contributed by atoms with Crippen LogP contribution in [0.5, 0.6) is 0 Å². The fraction of sp³-hybridized carbons (Fsp3) is 0.667. The Morgan fingerprint density at radius 2 is 1.64 bits per heavy atom. The fourth-order valence-electron chi connectivity index (χ4n) is 1.80. The highest BCUT2D eigenvalue weighted by Crippen LogP contribution is 2.32. The lowest BCUT2D eigenvalue weighted by Gasteiger charge is -2.30. The van der Waals surface area contributed by atoms with Gasteiger partial charge in [0.15, 0.2) is 0 Å². The highest BCUT2D eigenvalue weighted by Gasteiger charge is 2.41. The highest BCUT2D eigenvalue weighted by molar-refractivity contribution is 5.85. The molecule has 1 saturated heterocycles. The van der Waals surface area contributed by atoms with E-state index in [1.807, 2.05) is 26.0 Å². The number of hydrogen-bond donors (Lipinski definition) is 0. The van der Waals surface area contributed by atoms with E-state index in [9.17, 15) is 4.79 Å². The van der Waals surface area contributed by atoms with E-state index < -0.39 is 0 Å². The van der Waals surface area contributed by atoms with E-state index in [1.165, 1.54) is 0 Å². The van der Waals surface area contributed by atoms with E-state index >= 15 is 0 Å². The van der Waals surface area contributed by atoms with Crippen molar-refractivity contribution in [2.75, 3.05) is 0 Å². The number of carbonyl (C=O) groups is 1. The van der Waals surface area contributed by atoms with E-state index in [-0.39, 0.29) is 24.0 Å². The topological polar surface area (TPSA) is 26.3 Å². The molecule has 0 spiro atoms. The van der Waals surface area contributed by atoms with Crippen molar-refractivity contribution in [2.45, 2.75) is 26.1 Å². The Hall–Kier alpha value is -0.630. The van der Waals surface area contributed by atoms with E-state index in [0.29, 0.717) is 5.78 Å². The van der Waals surface area contributed by atoms with Crippen molar-refractivity contribution in [3.05, 3.63) is 12.2 Å². The first-order valence-corrected chi connectivity index (χ1v) is 4.07. The third-order valence-corrected chi connectivity index (χ3v) is 2.69. The molecule has 0 aliphatic carbocycles. The highest BCUT2D eigenvalue weighted by atomic mass is 16.5. The van der Waals surface area contributed by atoms with Gasteiger partial charge < -0.3 is 4.74 Å². The molecule has 0 aromatic rings. The lowest BCUT2D eigenvalue weighted by molar-refractivity contribution is -0.142. The number of fused-ring (bicyclic) bond motifs is 2. The molecular weight excluding hydrogens is 140 g/mol. The van der Waals surface area contributed by atoms with Crippen LogP contribution in [0.2, 0.25) is 0 Å². The molecule has 2 rings (SSSR count). The summed E-state index contributed by atoms with van der Waals surface area (Å²) in [6.45, 7) is 3.88. The van der Waals surface area contributed by atoms with Crippen LogP contribution >= 0.6 is 0 Å². The summed E-state index contributed by atoms with van der Waals surface area (Å²) in [6, 6.07) is 0. The molecule has 2 heterocycles. The van der Waals surface area contributed by atoms with Crippen molar-refractivity contribution in [3.8, 4) is 0 Å². The van der Waals surface area contributed by atoms with Crippen molar-refractivity contribution in [2.24, 2.45) is 11.8 Å². The third kappa shape index (κ3) is 0.857. The Kier molecular flexibility index (Phi) is 1.39. The summed E-state index contributed by atoms with van der Waals surface area (Å²) >= 11 is 0. The molecule has 0 saturated carbocycles. The first-order chi connectivity index (χ1) is 5.20. The van der Waals surface area contributed by atoms with Crippen molar-refractivity contribution >= 4 is 5.78 Å². The van der Waals surface area contributed by atoms with Gasteiger partial charge in [0, 0.05) is 11.8 Å². The minimum atomic E-state index is 0.0556. The van der Waals surface area contributed by atoms with Gasteiger partial charge in [-0.1, -0.05) is 26.0 Å². The molecule has 2 aliphatic heterocycles. The van der Waals surface area contributed by atoms with Crippen LogP contribution in [0.25, 0.3) is 0 Å². The molecular formula is C9H12O2. The summed E-state index contributed by atoms with van der Waals surface area (Å²) in [6.07, 6.45) is 4.14. The molecule has 60 valence electrons. The molecule has 0 unspecified atom stereocenters. The van der Waals surface area contributed by atoms with Gasteiger partial charge in [-0.2, -0.15) is 0 Å². The van der Waals surface area contributed by atoms with Gasteiger partial charge in [-0.3, -0.25) is 4.79 Å².